The summed E-state index contributed by atoms with van der Waals surface area (Å²) in [7, 11) is 0. The standard InChI is InChI=1S/C16H26N4O2/c1-13-8-18-20(10-13)12-15-11-19(6-7-22-15)16(21)3-2-14-4-5-17-9-14/h8,10,14-15,17H,2-7,9,11-12H2,1H3. The Labute approximate surface area is 131 Å². The number of hydrogen-bond acceptors (Lipinski definition) is 4. The van der Waals surface area contributed by atoms with Crippen LogP contribution in [0.5, 0.6) is 0 Å². The predicted molar refractivity (Wildman–Crippen MR) is 83.5 cm³/mol. The van der Waals surface area contributed by atoms with E-state index in [2.05, 4.69) is 10.4 Å². The van der Waals surface area contributed by atoms with Gasteiger partial charge < -0.3 is 15.0 Å². The summed E-state index contributed by atoms with van der Waals surface area (Å²) in [5.41, 5.74) is 1.15. The molecule has 6 nitrogen and oxygen atoms in total. The Morgan fingerprint density at radius 1 is 1.55 bits per heavy atom. The summed E-state index contributed by atoms with van der Waals surface area (Å²) in [6.45, 7) is 6.93. The molecule has 22 heavy (non-hydrogen) atoms. The lowest BCUT2D eigenvalue weighted by Gasteiger charge is -2.33. The Morgan fingerprint density at radius 2 is 2.45 bits per heavy atom. The molecule has 1 amide bonds. The highest BCUT2D eigenvalue weighted by atomic mass is 16.5. The Kier molecular flexibility index (Phi) is 5.10. The molecular formula is C16H26N4O2. The van der Waals surface area contributed by atoms with E-state index in [0.29, 0.717) is 32.0 Å². The zero-order valence-electron chi connectivity index (χ0n) is 13.3. The summed E-state index contributed by atoms with van der Waals surface area (Å²) in [4.78, 5) is 14.3. The fraction of sp³-hybridized carbons (Fsp3) is 0.750. The van der Waals surface area contributed by atoms with Crippen LogP contribution in [0.25, 0.3) is 0 Å². The van der Waals surface area contributed by atoms with Crippen molar-refractivity contribution in [2.45, 2.75) is 38.8 Å². The fourth-order valence-corrected chi connectivity index (χ4v) is 3.28. The zero-order valence-corrected chi connectivity index (χ0v) is 13.3. The number of aromatic nitrogens is 2. The van der Waals surface area contributed by atoms with Gasteiger partial charge in [-0.1, -0.05) is 0 Å². The first kappa shape index (κ1) is 15.5. The molecule has 0 bridgehead atoms. The van der Waals surface area contributed by atoms with Crippen LogP contribution in [0.2, 0.25) is 0 Å². The van der Waals surface area contributed by atoms with Crippen molar-refractivity contribution >= 4 is 5.91 Å². The molecule has 3 heterocycles. The van der Waals surface area contributed by atoms with E-state index >= 15 is 0 Å². The molecular weight excluding hydrogens is 280 g/mol. The first-order chi connectivity index (χ1) is 10.7. The average Bonchev–Trinajstić information content (AvgIpc) is 3.17. The van der Waals surface area contributed by atoms with Gasteiger partial charge in [0.05, 0.1) is 25.5 Å². The Morgan fingerprint density at radius 3 is 3.18 bits per heavy atom. The van der Waals surface area contributed by atoms with Gasteiger partial charge in [-0.05, 0) is 44.3 Å². The van der Waals surface area contributed by atoms with Crippen molar-refractivity contribution in [1.82, 2.24) is 20.0 Å². The topological polar surface area (TPSA) is 59.4 Å². The highest BCUT2D eigenvalue weighted by molar-refractivity contribution is 5.76. The number of carbonyl (C=O) groups excluding carboxylic acids is 1. The number of carbonyl (C=O) groups is 1. The molecule has 2 saturated heterocycles. The summed E-state index contributed by atoms with van der Waals surface area (Å²) in [5.74, 6) is 0.949. The lowest BCUT2D eigenvalue weighted by Crippen LogP contribution is -2.47. The average molecular weight is 306 g/mol. The van der Waals surface area contributed by atoms with Crippen molar-refractivity contribution in [1.29, 1.82) is 0 Å². The van der Waals surface area contributed by atoms with E-state index in [9.17, 15) is 4.79 Å². The van der Waals surface area contributed by atoms with Gasteiger partial charge >= 0.3 is 0 Å². The largest absolute Gasteiger partial charge is 0.373 e. The molecule has 0 aromatic carbocycles. The van der Waals surface area contributed by atoms with Gasteiger partial charge in [0.2, 0.25) is 5.91 Å². The fourth-order valence-electron chi connectivity index (χ4n) is 3.28. The maximum absolute atomic E-state index is 12.4. The van der Waals surface area contributed by atoms with E-state index in [-0.39, 0.29) is 12.0 Å². The van der Waals surface area contributed by atoms with Crippen molar-refractivity contribution in [3.8, 4) is 0 Å². The highest BCUT2D eigenvalue weighted by Gasteiger charge is 2.25. The number of ether oxygens (including phenoxy) is 1. The van der Waals surface area contributed by atoms with E-state index in [1.54, 1.807) is 0 Å². The van der Waals surface area contributed by atoms with Crippen molar-refractivity contribution in [3.05, 3.63) is 18.0 Å². The second-order valence-electron chi connectivity index (χ2n) is 6.47. The smallest absolute Gasteiger partial charge is 0.222 e. The van der Waals surface area contributed by atoms with Crippen LogP contribution in [-0.4, -0.2) is 59.5 Å². The van der Waals surface area contributed by atoms with E-state index in [0.717, 1.165) is 31.6 Å². The quantitative estimate of drug-likeness (QED) is 0.874. The van der Waals surface area contributed by atoms with Gasteiger partial charge in [0, 0.05) is 25.7 Å². The third-order valence-electron chi connectivity index (χ3n) is 4.57. The molecule has 2 aliphatic rings. The van der Waals surface area contributed by atoms with Gasteiger partial charge in [-0.2, -0.15) is 5.10 Å². The lowest BCUT2D eigenvalue weighted by molar-refractivity contribution is -0.139. The van der Waals surface area contributed by atoms with Gasteiger partial charge in [-0.3, -0.25) is 9.48 Å². The van der Waals surface area contributed by atoms with Crippen molar-refractivity contribution in [2.24, 2.45) is 5.92 Å². The van der Waals surface area contributed by atoms with Crippen LogP contribution in [-0.2, 0) is 16.1 Å². The third kappa shape index (κ3) is 4.08. The maximum atomic E-state index is 12.4. The minimum Gasteiger partial charge on any atom is -0.373 e. The minimum atomic E-state index is 0.0464. The number of nitrogens with zero attached hydrogens (tertiary/aromatic N) is 3. The summed E-state index contributed by atoms with van der Waals surface area (Å²) >= 11 is 0. The Hall–Kier alpha value is -1.40. The van der Waals surface area contributed by atoms with Gasteiger partial charge in [0.25, 0.3) is 0 Å². The summed E-state index contributed by atoms with van der Waals surface area (Å²) < 4.78 is 7.69. The van der Waals surface area contributed by atoms with Crippen LogP contribution in [0, 0.1) is 12.8 Å². The molecule has 1 N–H and O–H groups in total. The van der Waals surface area contributed by atoms with E-state index in [1.807, 2.05) is 28.9 Å². The number of hydrogen-bond donors (Lipinski definition) is 1. The van der Waals surface area contributed by atoms with Gasteiger partial charge in [0.1, 0.15) is 0 Å². The normalized spacial score (nSPS) is 25.6. The van der Waals surface area contributed by atoms with Crippen LogP contribution in [0.15, 0.2) is 12.4 Å². The second-order valence-corrected chi connectivity index (χ2v) is 6.47. The van der Waals surface area contributed by atoms with Crippen LogP contribution in [0.4, 0.5) is 0 Å². The zero-order chi connectivity index (χ0) is 15.4. The first-order valence-corrected chi connectivity index (χ1v) is 8.30. The molecule has 0 saturated carbocycles. The third-order valence-corrected chi connectivity index (χ3v) is 4.57. The summed E-state index contributed by atoms with van der Waals surface area (Å²) in [5, 5.41) is 7.65. The molecule has 6 heteroatoms. The molecule has 2 unspecified atom stereocenters. The maximum Gasteiger partial charge on any atom is 0.222 e. The van der Waals surface area contributed by atoms with E-state index < -0.39 is 0 Å². The van der Waals surface area contributed by atoms with Crippen LogP contribution in [0.1, 0.15) is 24.8 Å². The highest BCUT2D eigenvalue weighted by Crippen LogP contribution is 2.16. The molecule has 2 aliphatic heterocycles. The lowest BCUT2D eigenvalue weighted by atomic mass is 10.0. The van der Waals surface area contributed by atoms with Crippen LogP contribution < -0.4 is 5.32 Å². The molecule has 1 aromatic heterocycles. The van der Waals surface area contributed by atoms with Gasteiger partial charge in [-0.25, -0.2) is 0 Å². The number of morpholine rings is 1. The number of nitrogens with one attached hydrogen (secondary N) is 1. The summed E-state index contributed by atoms with van der Waals surface area (Å²) in [6, 6.07) is 0. The Balaban J connectivity index is 1.45. The molecule has 1 aromatic rings. The van der Waals surface area contributed by atoms with Gasteiger partial charge in [0.15, 0.2) is 0 Å². The first-order valence-electron chi connectivity index (χ1n) is 8.30. The van der Waals surface area contributed by atoms with Crippen molar-refractivity contribution in [2.75, 3.05) is 32.8 Å². The summed E-state index contributed by atoms with van der Waals surface area (Å²) in [6.07, 6.45) is 6.78. The molecule has 3 rings (SSSR count). The van der Waals surface area contributed by atoms with Crippen molar-refractivity contribution in [3.63, 3.8) is 0 Å². The van der Waals surface area contributed by atoms with E-state index in [1.165, 1.54) is 6.42 Å². The monoisotopic (exact) mass is 306 g/mol. The molecule has 2 fully saturated rings. The number of aryl methyl sites for hydroxylation is 1. The van der Waals surface area contributed by atoms with Gasteiger partial charge in [-0.15, -0.1) is 0 Å². The van der Waals surface area contributed by atoms with Crippen LogP contribution in [0.3, 0.4) is 0 Å². The second kappa shape index (κ2) is 7.24. The Bertz CT molecular complexity index is 496. The minimum absolute atomic E-state index is 0.0464. The predicted octanol–water partition coefficient (Wildman–Crippen LogP) is 0.809. The van der Waals surface area contributed by atoms with Crippen molar-refractivity contribution < 1.29 is 9.53 Å². The number of rotatable bonds is 5. The molecule has 0 radical (unpaired) electrons. The van der Waals surface area contributed by atoms with Crippen LogP contribution >= 0.6 is 0 Å². The molecule has 2 atom stereocenters. The SMILES string of the molecule is Cc1cnn(CC2CN(C(=O)CCC3CCNC3)CCO2)c1. The molecule has 122 valence electrons. The number of amides is 1. The molecule has 0 aliphatic carbocycles. The molecule has 0 spiro atoms. The van der Waals surface area contributed by atoms with E-state index in [4.69, 9.17) is 4.74 Å².